The first-order valence-corrected chi connectivity index (χ1v) is 16.2. The largest absolute Gasteiger partial charge is 0.394 e. The fourth-order valence-corrected chi connectivity index (χ4v) is 4.54. The molecule has 0 radical (unpaired) electrons. The Balaban J connectivity index is 3.66. The molecule has 3 N–H and O–H groups in total. The molecular weight excluding hydrogens is 470 g/mol. The Morgan fingerprint density at radius 1 is 0.605 bits per heavy atom. The molecule has 0 aromatic heterocycles. The molecule has 0 saturated carbocycles. The standard InChI is InChI=1S/C34H63NO3/c1-3-5-7-9-11-13-14-15-16-17-18-19-20-22-24-26-28-30-34(38)35-32(31-36)33(37)29-27-25-23-21-12-10-8-6-4-2/h12,15-16,21,27,29,32-33,36-37H,3-11,13-14,17-20,22-26,28,30-31H2,1-2H3,(H,35,38)/b16-15-,21-12+,29-27+. The lowest BCUT2D eigenvalue weighted by molar-refractivity contribution is -0.123. The summed E-state index contributed by atoms with van der Waals surface area (Å²) >= 11 is 0. The van der Waals surface area contributed by atoms with Gasteiger partial charge in [0.2, 0.25) is 5.91 Å². The Kier molecular flexibility index (Phi) is 29.1. The van der Waals surface area contributed by atoms with Crippen LogP contribution in [0.1, 0.15) is 155 Å². The zero-order valence-corrected chi connectivity index (χ0v) is 25.2. The lowest BCUT2D eigenvalue weighted by atomic mass is 10.1. The van der Waals surface area contributed by atoms with Gasteiger partial charge in [0.25, 0.3) is 0 Å². The van der Waals surface area contributed by atoms with Crippen LogP contribution in [0.2, 0.25) is 0 Å². The maximum absolute atomic E-state index is 12.2. The van der Waals surface area contributed by atoms with Crippen LogP contribution in [0.15, 0.2) is 36.5 Å². The minimum Gasteiger partial charge on any atom is -0.394 e. The number of hydrogen-bond acceptors (Lipinski definition) is 3. The van der Waals surface area contributed by atoms with E-state index in [4.69, 9.17) is 0 Å². The van der Waals surface area contributed by atoms with Crippen LogP contribution in [-0.2, 0) is 4.79 Å². The van der Waals surface area contributed by atoms with Gasteiger partial charge in [-0.1, -0.05) is 127 Å². The van der Waals surface area contributed by atoms with Crippen molar-refractivity contribution in [3.8, 4) is 0 Å². The van der Waals surface area contributed by atoms with Crippen LogP contribution in [0, 0.1) is 0 Å². The van der Waals surface area contributed by atoms with Crippen molar-refractivity contribution in [3.05, 3.63) is 36.5 Å². The van der Waals surface area contributed by atoms with Crippen molar-refractivity contribution in [1.82, 2.24) is 5.32 Å². The Morgan fingerprint density at radius 3 is 1.58 bits per heavy atom. The second kappa shape index (κ2) is 30.2. The van der Waals surface area contributed by atoms with Crippen molar-refractivity contribution < 1.29 is 15.0 Å². The van der Waals surface area contributed by atoms with Crippen LogP contribution in [0.3, 0.4) is 0 Å². The van der Waals surface area contributed by atoms with Crippen molar-refractivity contribution in [2.24, 2.45) is 0 Å². The van der Waals surface area contributed by atoms with Gasteiger partial charge in [0.1, 0.15) is 0 Å². The number of hydrogen-bond donors (Lipinski definition) is 3. The van der Waals surface area contributed by atoms with E-state index in [0.29, 0.717) is 6.42 Å². The topological polar surface area (TPSA) is 69.6 Å². The van der Waals surface area contributed by atoms with Gasteiger partial charge in [-0.3, -0.25) is 4.79 Å². The normalized spacial score (nSPS) is 13.7. The van der Waals surface area contributed by atoms with Crippen molar-refractivity contribution in [3.63, 3.8) is 0 Å². The number of aliphatic hydroxyl groups excluding tert-OH is 2. The summed E-state index contributed by atoms with van der Waals surface area (Å²) in [5.41, 5.74) is 0. The van der Waals surface area contributed by atoms with E-state index in [0.717, 1.165) is 32.1 Å². The third-order valence-corrected chi connectivity index (χ3v) is 7.10. The molecule has 0 bridgehead atoms. The van der Waals surface area contributed by atoms with Gasteiger partial charge in [0, 0.05) is 6.42 Å². The number of aliphatic hydroxyl groups is 2. The smallest absolute Gasteiger partial charge is 0.220 e. The molecule has 2 unspecified atom stereocenters. The number of rotatable bonds is 28. The quantitative estimate of drug-likeness (QED) is 0.0693. The van der Waals surface area contributed by atoms with Crippen molar-refractivity contribution in [1.29, 1.82) is 0 Å². The van der Waals surface area contributed by atoms with Crippen molar-refractivity contribution in [2.45, 2.75) is 167 Å². The molecule has 0 heterocycles. The average Bonchev–Trinajstić information content (AvgIpc) is 2.92. The first-order chi connectivity index (χ1) is 18.7. The minimum atomic E-state index is -0.858. The summed E-state index contributed by atoms with van der Waals surface area (Å²) in [6.45, 7) is 4.22. The van der Waals surface area contributed by atoms with Crippen LogP contribution in [0.4, 0.5) is 0 Å². The SMILES string of the molecule is CCCCC/C=C/CC/C=C/C(O)C(CO)NC(=O)CCCCCCCCC/C=C\CCCCCCCC. The summed E-state index contributed by atoms with van der Waals surface area (Å²) in [6, 6.07) is -0.636. The lowest BCUT2D eigenvalue weighted by Crippen LogP contribution is -2.45. The average molecular weight is 534 g/mol. The van der Waals surface area contributed by atoms with E-state index in [1.54, 1.807) is 6.08 Å². The molecule has 0 rings (SSSR count). The molecule has 0 aliphatic carbocycles. The third kappa shape index (κ3) is 26.2. The molecule has 222 valence electrons. The van der Waals surface area contributed by atoms with Gasteiger partial charge in [-0.05, 0) is 57.8 Å². The van der Waals surface area contributed by atoms with E-state index in [2.05, 4.69) is 43.5 Å². The Bertz CT molecular complexity index is 584. The van der Waals surface area contributed by atoms with Gasteiger partial charge in [-0.15, -0.1) is 0 Å². The summed E-state index contributed by atoms with van der Waals surface area (Å²) in [4.78, 5) is 12.2. The van der Waals surface area contributed by atoms with E-state index >= 15 is 0 Å². The predicted molar refractivity (Wildman–Crippen MR) is 165 cm³/mol. The highest BCUT2D eigenvalue weighted by molar-refractivity contribution is 5.76. The first-order valence-electron chi connectivity index (χ1n) is 16.2. The zero-order valence-electron chi connectivity index (χ0n) is 25.2. The van der Waals surface area contributed by atoms with Gasteiger partial charge in [0.05, 0.1) is 18.8 Å². The maximum Gasteiger partial charge on any atom is 0.220 e. The van der Waals surface area contributed by atoms with Crippen LogP contribution in [0.5, 0.6) is 0 Å². The molecule has 0 spiro atoms. The minimum absolute atomic E-state index is 0.0840. The van der Waals surface area contributed by atoms with Crippen LogP contribution in [-0.4, -0.2) is 34.9 Å². The summed E-state index contributed by atoms with van der Waals surface area (Å²) in [7, 11) is 0. The van der Waals surface area contributed by atoms with Crippen molar-refractivity contribution in [2.75, 3.05) is 6.61 Å². The Morgan fingerprint density at radius 2 is 1.03 bits per heavy atom. The number of carbonyl (C=O) groups excluding carboxylic acids is 1. The Labute approximate surface area is 236 Å². The molecule has 1 amide bonds. The zero-order chi connectivity index (χ0) is 27.9. The summed E-state index contributed by atoms with van der Waals surface area (Å²) in [6.07, 6.45) is 37.9. The van der Waals surface area contributed by atoms with Crippen LogP contribution >= 0.6 is 0 Å². The number of allylic oxidation sites excluding steroid dienone is 5. The molecule has 38 heavy (non-hydrogen) atoms. The molecule has 0 fully saturated rings. The van der Waals surface area contributed by atoms with Gasteiger partial charge in [0.15, 0.2) is 0 Å². The Hall–Kier alpha value is -1.39. The van der Waals surface area contributed by atoms with E-state index in [-0.39, 0.29) is 12.5 Å². The van der Waals surface area contributed by atoms with E-state index in [1.165, 1.54) is 103 Å². The van der Waals surface area contributed by atoms with Gasteiger partial charge in [-0.2, -0.15) is 0 Å². The molecular formula is C34H63NO3. The van der Waals surface area contributed by atoms with Crippen LogP contribution in [0.25, 0.3) is 0 Å². The molecule has 2 atom stereocenters. The highest BCUT2D eigenvalue weighted by Gasteiger charge is 2.17. The van der Waals surface area contributed by atoms with Gasteiger partial charge < -0.3 is 15.5 Å². The van der Waals surface area contributed by atoms with Gasteiger partial charge in [-0.25, -0.2) is 0 Å². The fraction of sp³-hybridized carbons (Fsp3) is 0.794. The fourth-order valence-electron chi connectivity index (χ4n) is 4.54. The van der Waals surface area contributed by atoms with E-state index in [9.17, 15) is 15.0 Å². The third-order valence-electron chi connectivity index (χ3n) is 7.10. The molecule has 0 aliphatic heterocycles. The molecule has 4 nitrogen and oxygen atoms in total. The second-order valence-corrected chi connectivity index (χ2v) is 10.9. The van der Waals surface area contributed by atoms with Crippen LogP contribution < -0.4 is 5.32 Å². The summed E-state index contributed by atoms with van der Waals surface area (Å²) < 4.78 is 0. The molecule has 0 saturated heterocycles. The number of carbonyl (C=O) groups is 1. The van der Waals surface area contributed by atoms with E-state index in [1.807, 2.05) is 6.08 Å². The predicted octanol–water partition coefficient (Wildman–Crippen LogP) is 9.12. The van der Waals surface area contributed by atoms with E-state index < -0.39 is 12.1 Å². The monoisotopic (exact) mass is 533 g/mol. The van der Waals surface area contributed by atoms with Crippen molar-refractivity contribution >= 4 is 5.91 Å². The number of unbranched alkanes of at least 4 members (excludes halogenated alkanes) is 17. The number of nitrogens with one attached hydrogen (secondary N) is 1. The molecule has 0 aromatic rings. The maximum atomic E-state index is 12.2. The van der Waals surface area contributed by atoms with Gasteiger partial charge >= 0.3 is 0 Å². The number of amides is 1. The first kappa shape index (κ1) is 36.6. The molecule has 0 aromatic carbocycles. The summed E-state index contributed by atoms with van der Waals surface area (Å²) in [5.74, 6) is -0.0840. The molecule has 4 heteroatoms. The lowest BCUT2D eigenvalue weighted by Gasteiger charge is -2.19. The highest BCUT2D eigenvalue weighted by Crippen LogP contribution is 2.11. The highest BCUT2D eigenvalue weighted by atomic mass is 16.3. The summed E-state index contributed by atoms with van der Waals surface area (Å²) in [5, 5.41) is 22.7. The second-order valence-electron chi connectivity index (χ2n) is 10.9. The molecule has 0 aliphatic rings.